The van der Waals surface area contributed by atoms with Crippen molar-refractivity contribution in [2.45, 2.75) is 20.1 Å². The fourth-order valence-corrected chi connectivity index (χ4v) is 2.22. The van der Waals surface area contributed by atoms with Crippen LogP contribution in [0.3, 0.4) is 0 Å². The maximum atomic E-state index is 12.3. The van der Waals surface area contributed by atoms with Crippen molar-refractivity contribution in [3.05, 3.63) is 69.9 Å². The molecule has 0 aliphatic heterocycles. The molecule has 20 heavy (non-hydrogen) atoms. The lowest BCUT2D eigenvalue weighted by Gasteiger charge is -2.06. The van der Waals surface area contributed by atoms with E-state index in [1.165, 1.54) is 0 Å². The zero-order valence-corrected chi connectivity index (χ0v) is 11.2. The maximum absolute atomic E-state index is 12.3. The Labute approximate surface area is 115 Å². The summed E-state index contributed by atoms with van der Waals surface area (Å²) >= 11 is 0. The fraction of sp³-hybridized carbons (Fsp3) is 0.200. The number of rotatable bonds is 3. The van der Waals surface area contributed by atoms with E-state index >= 15 is 0 Å². The van der Waals surface area contributed by atoms with Gasteiger partial charge in [0.15, 0.2) is 0 Å². The molecule has 1 aromatic carbocycles. The first kappa shape index (κ1) is 12.6. The minimum absolute atomic E-state index is 0.0291. The van der Waals surface area contributed by atoms with Gasteiger partial charge in [-0.15, -0.1) is 0 Å². The third kappa shape index (κ3) is 2.23. The zero-order valence-electron chi connectivity index (χ0n) is 11.2. The van der Waals surface area contributed by atoms with Crippen molar-refractivity contribution < 1.29 is 5.11 Å². The van der Waals surface area contributed by atoms with Gasteiger partial charge >= 0.3 is 0 Å². The Kier molecular flexibility index (Phi) is 3.12. The number of hydrogen-bond acceptors (Lipinski definition) is 3. The molecule has 0 fully saturated rings. The van der Waals surface area contributed by atoms with E-state index in [0.29, 0.717) is 12.1 Å². The summed E-state index contributed by atoms with van der Waals surface area (Å²) in [4.78, 5) is 12.3. The summed E-state index contributed by atoms with van der Waals surface area (Å²) in [6.45, 7) is 2.40. The van der Waals surface area contributed by atoms with Crippen LogP contribution in [0.4, 0.5) is 0 Å². The van der Waals surface area contributed by atoms with Crippen LogP contribution >= 0.6 is 0 Å². The van der Waals surface area contributed by atoms with Gasteiger partial charge < -0.3 is 9.67 Å². The number of nitrogens with zero attached hydrogens (tertiary/aromatic N) is 3. The Balaban J connectivity index is 1.97. The predicted molar refractivity (Wildman–Crippen MR) is 75.7 cm³/mol. The van der Waals surface area contributed by atoms with E-state index in [1.54, 1.807) is 27.5 Å². The largest absolute Gasteiger partial charge is 0.392 e. The second-order valence-electron chi connectivity index (χ2n) is 4.82. The predicted octanol–water partition coefficient (Wildman–Crippen LogP) is 1.35. The van der Waals surface area contributed by atoms with Crippen molar-refractivity contribution in [2.24, 2.45) is 0 Å². The molecule has 1 N–H and O–H groups in total. The number of fused-ring (bicyclic) bond motifs is 1. The van der Waals surface area contributed by atoms with Crippen LogP contribution in [0.1, 0.15) is 16.8 Å². The van der Waals surface area contributed by atoms with E-state index in [2.05, 4.69) is 5.10 Å². The lowest BCUT2D eigenvalue weighted by Crippen LogP contribution is -2.21. The Morgan fingerprint density at radius 2 is 1.85 bits per heavy atom. The van der Waals surface area contributed by atoms with Gasteiger partial charge in [0, 0.05) is 12.4 Å². The summed E-state index contributed by atoms with van der Waals surface area (Å²) in [5.41, 5.74) is 3.23. The normalized spacial score (nSPS) is 11.1. The second-order valence-corrected chi connectivity index (χ2v) is 4.82. The van der Waals surface area contributed by atoms with Crippen LogP contribution in [0, 0.1) is 6.92 Å². The summed E-state index contributed by atoms with van der Waals surface area (Å²) in [6, 6.07) is 9.35. The van der Waals surface area contributed by atoms with E-state index in [1.807, 2.05) is 31.2 Å². The molecule has 3 aromatic rings. The van der Waals surface area contributed by atoms with E-state index in [4.69, 9.17) is 5.11 Å². The highest BCUT2D eigenvalue weighted by atomic mass is 16.3. The smallest absolute Gasteiger partial charge is 0.276 e. The van der Waals surface area contributed by atoms with Crippen LogP contribution in [-0.2, 0) is 13.2 Å². The average molecular weight is 269 g/mol. The SMILES string of the molecule is Cc1cc2c(=O)n(Cc3ccc(CO)cc3)ccn2n1. The van der Waals surface area contributed by atoms with Gasteiger partial charge in [-0.25, -0.2) is 4.52 Å². The lowest BCUT2D eigenvalue weighted by molar-refractivity contribution is 0.282. The summed E-state index contributed by atoms with van der Waals surface area (Å²) in [5.74, 6) is 0. The van der Waals surface area contributed by atoms with Crippen LogP contribution in [0.25, 0.3) is 5.52 Å². The number of aromatic nitrogens is 3. The van der Waals surface area contributed by atoms with Crippen LogP contribution in [0.5, 0.6) is 0 Å². The molecule has 0 unspecified atom stereocenters. The number of benzene rings is 1. The van der Waals surface area contributed by atoms with Gasteiger partial charge in [-0.3, -0.25) is 4.79 Å². The molecule has 5 heteroatoms. The van der Waals surface area contributed by atoms with Gasteiger partial charge in [-0.05, 0) is 24.1 Å². The van der Waals surface area contributed by atoms with Crippen molar-refractivity contribution >= 4 is 5.52 Å². The minimum atomic E-state index is -0.0562. The quantitative estimate of drug-likeness (QED) is 0.780. The van der Waals surface area contributed by atoms with E-state index in [9.17, 15) is 4.79 Å². The third-order valence-corrected chi connectivity index (χ3v) is 3.28. The summed E-state index contributed by atoms with van der Waals surface area (Å²) < 4.78 is 3.26. The molecule has 0 aliphatic rings. The molecule has 0 radical (unpaired) electrons. The Hall–Kier alpha value is -2.40. The molecule has 0 saturated carbocycles. The minimum Gasteiger partial charge on any atom is -0.392 e. The molecule has 3 rings (SSSR count). The molecule has 0 spiro atoms. The van der Waals surface area contributed by atoms with Crippen molar-refractivity contribution in [1.82, 2.24) is 14.2 Å². The molecule has 2 aromatic heterocycles. The van der Waals surface area contributed by atoms with Crippen molar-refractivity contribution in [3.8, 4) is 0 Å². The van der Waals surface area contributed by atoms with Gasteiger partial charge in [0.1, 0.15) is 5.52 Å². The van der Waals surface area contributed by atoms with E-state index < -0.39 is 0 Å². The first-order chi connectivity index (χ1) is 9.67. The van der Waals surface area contributed by atoms with Crippen molar-refractivity contribution in [1.29, 1.82) is 0 Å². The monoisotopic (exact) mass is 269 g/mol. The molecular weight excluding hydrogens is 254 g/mol. The van der Waals surface area contributed by atoms with Crippen molar-refractivity contribution in [2.75, 3.05) is 0 Å². The van der Waals surface area contributed by atoms with Crippen LogP contribution in [-0.4, -0.2) is 19.3 Å². The number of hydrogen-bond donors (Lipinski definition) is 1. The highest BCUT2D eigenvalue weighted by Gasteiger charge is 2.05. The highest BCUT2D eigenvalue weighted by Crippen LogP contribution is 2.06. The number of aliphatic hydroxyl groups excluding tert-OH is 1. The van der Waals surface area contributed by atoms with Gasteiger partial charge in [-0.1, -0.05) is 24.3 Å². The lowest BCUT2D eigenvalue weighted by atomic mass is 10.1. The van der Waals surface area contributed by atoms with Crippen LogP contribution in [0.15, 0.2) is 47.5 Å². The maximum Gasteiger partial charge on any atom is 0.276 e. The van der Waals surface area contributed by atoms with Gasteiger partial charge in [-0.2, -0.15) is 5.10 Å². The molecule has 0 amide bonds. The highest BCUT2D eigenvalue weighted by molar-refractivity contribution is 5.45. The van der Waals surface area contributed by atoms with Gasteiger partial charge in [0.2, 0.25) is 0 Å². The molecule has 102 valence electrons. The zero-order chi connectivity index (χ0) is 14.1. The topological polar surface area (TPSA) is 59.5 Å². The molecular formula is C15H15N3O2. The average Bonchev–Trinajstić information content (AvgIpc) is 2.84. The molecule has 5 nitrogen and oxygen atoms in total. The number of aliphatic hydroxyl groups is 1. The fourth-order valence-electron chi connectivity index (χ4n) is 2.22. The second kappa shape index (κ2) is 4.94. The third-order valence-electron chi connectivity index (χ3n) is 3.28. The molecule has 0 aliphatic carbocycles. The standard InChI is InChI=1S/C15H15N3O2/c1-11-8-14-15(20)17(6-7-18(14)16-11)9-12-2-4-13(10-19)5-3-12/h2-8,19H,9-10H2,1H3. The molecule has 0 bridgehead atoms. The summed E-state index contributed by atoms with van der Waals surface area (Å²) in [7, 11) is 0. The van der Waals surface area contributed by atoms with E-state index in [-0.39, 0.29) is 12.2 Å². The molecule has 0 saturated heterocycles. The Morgan fingerprint density at radius 3 is 2.55 bits per heavy atom. The van der Waals surface area contributed by atoms with Crippen LogP contribution < -0.4 is 5.56 Å². The first-order valence-corrected chi connectivity index (χ1v) is 6.41. The Morgan fingerprint density at radius 1 is 1.15 bits per heavy atom. The van der Waals surface area contributed by atoms with Gasteiger partial charge in [0.05, 0.1) is 18.8 Å². The first-order valence-electron chi connectivity index (χ1n) is 6.41. The summed E-state index contributed by atoms with van der Waals surface area (Å²) in [5, 5.41) is 13.2. The van der Waals surface area contributed by atoms with Crippen LogP contribution in [0.2, 0.25) is 0 Å². The molecule has 2 heterocycles. The van der Waals surface area contributed by atoms with E-state index in [0.717, 1.165) is 16.8 Å². The Bertz CT molecular complexity index is 800. The molecule has 0 atom stereocenters. The number of aryl methyl sites for hydroxylation is 1. The van der Waals surface area contributed by atoms with Crippen molar-refractivity contribution in [3.63, 3.8) is 0 Å². The van der Waals surface area contributed by atoms with Gasteiger partial charge in [0.25, 0.3) is 5.56 Å². The summed E-state index contributed by atoms with van der Waals surface area (Å²) in [6.07, 6.45) is 3.52.